The van der Waals surface area contributed by atoms with E-state index in [-0.39, 0.29) is 24.1 Å². The fourth-order valence-corrected chi connectivity index (χ4v) is 2.97. The molecule has 4 rings (SSSR count). The molecule has 138 valence electrons. The molecule has 0 aliphatic carbocycles. The second kappa shape index (κ2) is 7.80. The van der Waals surface area contributed by atoms with E-state index in [1.165, 1.54) is 0 Å². The Labute approximate surface area is 162 Å². The summed E-state index contributed by atoms with van der Waals surface area (Å²) in [5.74, 6) is 0.167. The summed E-state index contributed by atoms with van der Waals surface area (Å²) >= 11 is 0. The summed E-state index contributed by atoms with van der Waals surface area (Å²) in [6.45, 7) is 0.204. The molecule has 0 atom stereocenters. The summed E-state index contributed by atoms with van der Waals surface area (Å²) in [5, 5.41) is 7.67. The van der Waals surface area contributed by atoms with Crippen molar-refractivity contribution < 1.29 is 14.0 Å². The van der Waals surface area contributed by atoms with E-state index in [2.05, 4.69) is 10.6 Å². The number of nitrogens with one attached hydrogen (secondary N) is 2. The highest BCUT2D eigenvalue weighted by Crippen LogP contribution is 2.23. The second-order valence-electron chi connectivity index (χ2n) is 6.30. The number of amides is 2. The van der Waals surface area contributed by atoms with E-state index in [9.17, 15) is 9.59 Å². The van der Waals surface area contributed by atoms with E-state index in [1.54, 1.807) is 36.4 Å². The van der Waals surface area contributed by atoms with Gasteiger partial charge in [-0.1, -0.05) is 54.6 Å². The highest BCUT2D eigenvalue weighted by molar-refractivity contribution is 6.07. The van der Waals surface area contributed by atoms with E-state index in [4.69, 9.17) is 4.42 Å². The van der Waals surface area contributed by atoms with Crippen LogP contribution in [0.5, 0.6) is 0 Å². The third-order valence-electron chi connectivity index (χ3n) is 4.38. The van der Waals surface area contributed by atoms with Gasteiger partial charge >= 0.3 is 0 Å². The maximum atomic E-state index is 12.5. The standard InChI is InChI=1S/C23H18N2O3/c26-22(17-8-2-1-3-9-17)24-15-18-13-14-21(28-18)23(27)25-20-12-6-10-16-7-4-5-11-19(16)20/h1-14H,15H2,(H,24,26)(H,25,27). The van der Waals surface area contributed by atoms with Gasteiger partial charge in [0.2, 0.25) is 0 Å². The van der Waals surface area contributed by atoms with E-state index in [0.29, 0.717) is 11.3 Å². The molecule has 0 fully saturated rings. The van der Waals surface area contributed by atoms with Crippen molar-refractivity contribution >= 4 is 28.3 Å². The number of carbonyl (C=O) groups excluding carboxylic acids is 2. The fourth-order valence-electron chi connectivity index (χ4n) is 2.97. The summed E-state index contributed by atoms with van der Waals surface area (Å²) in [7, 11) is 0. The molecule has 1 aromatic heterocycles. The molecule has 0 unspecified atom stereocenters. The Bertz CT molecular complexity index is 1130. The lowest BCUT2D eigenvalue weighted by Gasteiger charge is -2.07. The first-order chi connectivity index (χ1) is 13.7. The molecular formula is C23H18N2O3. The van der Waals surface area contributed by atoms with Gasteiger partial charge in [0.05, 0.1) is 6.54 Å². The molecule has 0 bridgehead atoms. The molecule has 3 aromatic carbocycles. The lowest BCUT2D eigenvalue weighted by atomic mass is 10.1. The Balaban J connectivity index is 1.42. The molecule has 0 spiro atoms. The molecule has 0 aliphatic heterocycles. The van der Waals surface area contributed by atoms with Gasteiger partial charge < -0.3 is 15.1 Å². The van der Waals surface area contributed by atoms with Crippen molar-refractivity contribution in [1.82, 2.24) is 5.32 Å². The molecular weight excluding hydrogens is 352 g/mol. The Morgan fingerprint density at radius 1 is 0.750 bits per heavy atom. The zero-order chi connectivity index (χ0) is 19.3. The Kier molecular flexibility index (Phi) is 4.89. The molecule has 0 aliphatic rings. The van der Waals surface area contributed by atoms with Crippen LogP contribution in [0.15, 0.2) is 89.3 Å². The van der Waals surface area contributed by atoms with Gasteiger partial charge in [0.1, 0.15) is 5.76 Å². The number of furan rings is 1. The minimum absolute atomic E-state index is 0.192. The van der Waals surface area contributed by atoms with Crippen LogP contribution >= 0.6 is 0 Å². The van der Waals surface area contributed by atoms with Gasteiger partial charge in [-0.3, -0.25) is 9.59 Å². The highest BCUT2D eigenvalue weighted by Gasteiger charge is 2.13. The van der Waals surface area contributed by atoms with Crippen molar-refractivity contribution in [2.45, 2.75) is 6.54 Å². The largest absolute Gasteiger partial charge is 0.454 e. The molecule has 1 heterocycles. The normalized spacial score (nSPS) is 10.6. The van der Waals surface area contributed by atoms with Gasteiger partial charge in [-0.15, -0.1) is 0 Å². The van der Waals surface area contributed by atoms with Crippen LogP contribution in [0, 0.1) is 0 Å². The number of anilines is 1. The van der Waals surface area contributed by atoms with E-state index >= 15 is 0 Å². The van der Waals surface area contributed by atoms with Gasteiger partial charge in [0.25, 0.3) is 11.8 Å². The van der Waals surface area contributed by atoms with E-state index in [1.807, 2.05) is 48.5 Å². The summed E-state index contributed by atoms with van der Waals surface area (Å²) in [6, 6.07) is 25.8. The lowest BCUT2D eigenvalue weighted by molar-refractivity contribution is 0.0948. The average Bonchev–Trinajstić information content (AvgIpc) is 3.22. The third kappa shape index (κ3) is 3.78. The predicted octanol–water partition coefficient (Wildman–Crippen LogP) is 4.62. The van der Waals surface area contributed by atoms with Gasteiger partial charge in [-0.05, 0) is 35.7 Å². The van der Waals surface area contributed by atoms with Crippen molar-refractivity contribution in [3.05, 3.63) is 102 Å². The minimum atomic E-state index is -0.336. The second-order valence-corrected chi connectivity index (χ2v) is 6.30. The monoisotopic (exact) mass is 370 g/mol. The SMILES string of the molecule is O=C(NCc1ccc(C(=O)Nc2cccc3ccccc23)o1)c1ccccc1. The molecule has 5 heteroatoms. The predicted molar refractivity (Wildman–Crippen MR) is 108 cm³/mol. The number of carbonyl (C=O) groups is 2. The van der Waals surface area contributed by atoms with Crippen LogP contribution in [0.1, 0.15) is 26.7 Å². The molecule has 4 aromatic rings. The molecule has 2 amide bonds. The zero-order valence-electron chi connectivity index (χ0n) is 15.0. The highest BCUT2D eigenvalue weighted by atomic mass is 16.4. The molecule has 5 nitrogen and oxygen atoms in total. The Hall–Kier alpha value is -3.86. The summed E-state index contributed by atoms with van der Waals surface area (Å²) in [4.78, 5) is 24.6. The average molecular weight is 370 g/mol. The van der Waals surface area contributed by atoms with Crippen LogP contribution in [-0.4, -0.2) is 11.8 Å². The first-order valence-corrected chi connectivity index (χ1v) is 8.92. The van der Waals surface area contributed by atoms with Crippen LogP contribution in [0.3, 0.4) is 0 Å². The van der Waals surface area contributed by atoms with Gasteiger partial charge in [0, 0.05) is 16.6 Å². The van der Waals surface area contributed by atoms with E-state index < -0.39 is 0 Å². The number of hydrogen-bond donors (Lipinski definition) is 2. The number of hydrogen-bond acceptors (Lipinski definition) is 3. The number of rotatable bonds is 5. The number of fused-ring (bicyclic) bond motifs is 1. The quantitative estimate of drug-likeness (QED) is 0.539. The zero-order valence-corrected chi connectivity index (χ0v) is 15.0. The fraction of sp³-hybridized carbons (Fsp3) is 0.0435. The van der Waals surface area contributed by atoms with Gasteiger partial charge in [-0.2, -0.15) is 0 Å². The Morgan fingerprint density at radius 2 is 1.50 bits per heavy atom. The van der Waals surface area contributed by atoms with Crippen molar-refractivity contribution in [1.29, 1.82) is 0 Å². The molecule has 0 radical (unpaired) electrons. The first-order valence-electron chi connectivity index (χ1n) is 8.92. The van der Waals surface area contributed by atoms with Crippen molar-refractivity contribution in [2.24, 2.45) is 0 Å². The van der Waals surface area contributed by atoms with Crippen LogP contribution in [0.4, 0.5) is 5.69 Å². The third-order valence-corrected chi connectivity index (χ3v) is 4.38. The van der Waals surface area contributed by atoms with Gasteiger partial charge in [0.15, 0.2) is 5.76 Å². The smallest absolute Gasteiger partial charge is 0.291 e. The maximum Gasteiger partial charge on any atom is 0.291 e. The molecule has 2 N–H and O–H groups in total. The lowest BCUT2D eigenvalue weighted by Crippen LogP contribution is -2.22. The van der Waals surface area contributed by atoms with Gasteiger partial charge in [-0.25, -0.2) is 0 Å². The molecule has 0 saturated carbocycles. The molecule has 0 saturated heterocycles. The van der Waals surface area contributed by atoms with Crippen LogP contribution in [0.2, 0.25) is 0 Å². The van der Waals surface area contributed by atoms with Crippen LogP contribution < -0.4 is 10.6 Å². The van der Waals surface area contributed by atoms with Crippen molar-refractivity contribution in [3.63, 3.8) is 0 Å². The topological polar surface area (TPSA) is 71.3 Å². The number of benzene rings is 3. The van der Waals surface area contributed by atoms with E-state index in [0.717, 1.165) is 16.5 Å². The van der Waals surface area contributed by atoms with Crippen LogP contribution in [-0.2, 0) is 6.54 Å². The van der Waals surface area contributed by atoms with Crippen molar-refractivity contribution in [2.75, 3.05) is 5.32 Å². The minimum Gasteiger partial charge on any atom is -0.454 e. The molecule has 28 heavy (non-hydrogen) atoms. The summed E-state index contributed by atoms with van der Waals surface area (Å²) < 4.78 is 5.59. The summed E-state index contributed by atoms with van der Waals surface area (Å²) in [6.07, 6.45) is 0. The van der Waals surface area contributed by atoms with Crippen molar-refractivity contribution in [3.8, 4) is 0 Å². The first kappa shape index (κ1) is 17.5. The summed E-state index contributed by atoms with van der Waals surface area (Å²) in [5.41, 5.74) is 1.29. The Morgan fingerprint density at radius 3 is 2.36 bits per heavy atom. The van der Waals surface area contributed by atoms with Crippen LogP contribution in [0.25, 0.3) is 10.8 Å². The maximum absolute atomic E-state index is 12.5.